The fourth-order valence-electron chi connectivity index (χ4n) is 2.68. The van der Waals surface area contributed by atoms with Crippen LogP contribution in [0.15, 0.2) is 36.4 Å². The summed E-state index contributed by atoms with van der Waals surface area (Å²) in [5.74, 6) is 0.0776. The van der Waals surface area contributed by atoms with E-state index in [0.717, 1.165) is 11.1 Å². The Morgan fingerprint density at radius 2 is 2.12 bits per heavy atom. The first-order valence-electron chi connectivity index (χ1n) is 7.48. The number of nitriles is 1. The fourth-order valence-corrected chi connectivity index (χ4v) is 2.68. The molecule has 0 saturated heterocycles. The molecule has 122 valence electrons. The van der Waals surface area contributed by atoms with Crippen LogP contribution in [0.4, 0.5) is 9.18 Å². The lowest BCUT2D eigenvalue weighted by Crippen LogP contribution is -2.34. The lowest BCUT2D eigenvalue weighted by Gasteiger charge is -2.26. The zero-order chi connectivity index (χ0) is 17.1. The molecule has 24 heavy (non-hydrogen) atoms. The smallest absolute Gasteiger partial charge is 0.407 e. The summed E-state index contributed by atoms with van der Waals surface area (Å²) in [4.78, 5) is 12.4. The lowest BCUT2D eigenvalue weighted by atomic mass is 10.00. The van der Waals surface area contributed by atoms with Crippen molar-refractivity contribution in [1.82, 2.24) is 4.90 Å². The van der Waals surface area contributed by atoms with Gasteiger partial charge in [0.1, 0.15) is 18.2 Å². The van der Waals surface area contributed by atoms with E-state index in [-0.39, 0.29) is 12.2 Å². The van der Waals surface area contributed by atoms with Crippen LogP contribution in [0.2, 0.25) is 0 Å². The molecular formula is C18H15FN2O3. The maximum absolute atomic E-state index is 13.9. The van der Waals surface area contributed by atoms with Crippen molar-refractivity contribution in [3.8, 4) is 11.8 Å². The number of rotatable bonds is 3. The molecule has 1 aliphatic rings. The van der Waals surface area contributed by atoms with Crippen LogP contribution in [0.25, 0.3) is 0 Å². The molecule has 0 saturated carbocycles. The predicted molar refractivity (Wildman–Crippen MR) is 84.0 cm³/mol. The van der Waals surface area contributed by atoms with Crippen LogP contribution in [0.5, 0.6) is 5.75 Å². The molecule has 6 heteroatoms. The predicted octanol–water partition coefficient (Wildman–Crippen LogP) is 3.31. The third-order valence-electron chi connectivity index (χ3n) is 4.04. The third kappa shape index (κ3) is 3.30. The normalized spacial score (nSPS) is 13.1. The van der Waals surface area contributed by atoms with Gasteiger partial charge in [0.2, 0.25) is 0 Å². The highest BCUT2D eigenvalue weighted by Gasteiger charge is 2.20. The Hall–Kier alpha value is -3.07. The average molecular weight is 326 g/mol. The summed E-state index contributed by atoms with van der Waals surface area (Å²) in [6, 6.07) is 11.6. The second-order valence-corrected chi connectivity index (χ2v) is 5.59. The van der Waals surface area contributed by atoms with Gasteiger partial charge in [-0.05, 0) is 41.8 Å². The maximum atomic E-state index is 13.9. The molecule has 0 atom stereocenters. The summed E-state index contributed by atoms with van der Waals surface area (Å²) in [7, 11) is 0. The van der Waals surface area contributed by atoms with E-state index in [9.17, 15) is 9.18 Å². The summed E-state index contributed by atoms with van der Waals surface area (Å²) >= 11 is 0. The van der Waals surface area contributed by atoms with Crippen LogP contribution >= 0.6 is 0 Å². The third-order valence-corrected chi connectivity index (χ3v) is 4.04. The average Bonchev–Trinajstić information content (AvgIpc) is 2.59. The van der Waals surface area contributed by atoms with Crippen LogP contribution in [0, 0.1) is 17.1 Å². The second-order valence-electron chi connectivity index (χ2n) is 5.59. The number of carboxylic acid groups (broad SMARTS) is 1. The first-order chi connectivity index (χ1) is 11.6. The van der Waals surface area contributed by atoms with Crippen molar-refractivity contribution in [3.63, 3.8) is 0 Å². The molecule has 0 radical (unpaired) electrons. The Morgan fingerprint density at radius 3 is 2.83 bits per heavy atom. The summed E-state index contributed by atoms with van der Waals surface area (Å²) in [5, 5.41) is 17.8. The number of fused-ring (bicyclic) bond motifs is 1. The van der Waals surface area contributed by atoms with Crippen LogP contribution in [0.1, 0.15) is 22.3 Å². The van der Waals surface area contributed by atoms with E-state index in [1.165, 1.54) is 17.0 Å². The standard InChI is InChI=1S/C18H15FN2O3/c19-17-7-12(9-20)1-2-14(17)11-24-16-4-3-13-5-6-21(18(22)23)10-15(13)8-16/h1-4,7-8H,5-6,10-11H2,(H,22,23). The molecule has 2 aromatic carbocycles. The van der Waals surface area contributed by atoms with Gasteiger partial charge in [0.05, 0.1) is 11.6 Å². The van der Waals surface area contributed by atoms with Crippen molar-refractivity contribution < 1.29 is 19.0 Å². The topological polar surface area (TPSA) is 73.6 Å². The van der Waals surface area contributed by atoms with Crippen molar-refractivity contribution in [3.05, 3.63) is 64.5 Å². The minimum Gasteiger partial charge on any atom is -0.489 e. The molecule has 0 aliphatic carbocycles. The minimum atomic E-state index is -0.938. The molecule has 0 bridgehead atoms. The molecule has 2 aromatic rings. The van der Waals surface area contributed by atoms with E-state index in [1.54, 1.807) is 18.2 Å². The van der Waals surface area contributed by atoms with Gasteiger partial charge < -0.3 is 14.7 Å². The highest BCUT2D eigenvalue weighted by atomic mass is 19.1. The summed E-state index contributed by atoms with van der Waals surface area (Å²) in [6.45, 7) is 0.852. The number of benzene rings is 2. The second kappa shape index (κ2) is 6.59. The zero-order valence-corrected chi connectivity index (χ0v) is 12.8. The van der Waals surface area contributed by atoms with Crippen LogP contribution in [-0.4, -0.2) is 22.6 Å². The lowest BCUT2D eigenvalue weighted by molar-refractivity contribution is 0.140. The van der Waals surface area contributed by atoms with Gasteiger partial charge in [-0.3, -0.25) is 0 Å². The quantitative estimate of drug-likeness (QED) is 0.939. The molecule has 0 spiro atoms. The Bertz CT molecular complexity index is 829. The minimum absolute atomic E-state index is 0.0406. The number of amides is 1. The first-order valence-corrected chi connectivity index (χ1v) is 7.48. The van der Waals surface area contributed by atoms with Crippen molar-refractivity contribution in [2.45, 2.75) is 19.6 Å². The van der Waals surface area contributed by atoms with Gasteiger partial charge in [-0.1, -0.05) is 12.1 Å². The van der Waals surface area contributed by atoms with E-state index in [0.29, 0.717) is 30.8 Å². The van der Waals surface area contributed by atoms with Crippen molar-refractivity contribution in [2.75, 3.05) is 6.54 Å². The molecule has 1 amide bonds. The van der Waals surface area contributed by atoms with Crippen LogP contribution in [-0.2, 0) is 19.6 Å². The maximum Gasteiger partial charge on any atom is 0.407 e. The molecule has 1 aliphatic heterocycles. The van der Waals surface area contributed by atoms with E-state index >= 15 is 0 Å². The van der Waals surface area contributed by atoms with E-state index in [2.05, 4.69) is 0 Å². The van der Waals surface area contributed by atoms with Gasteiger partial charge in [0, 0.05) is 18.7 Å². The van der Waals surface area contributed by atoms with Gasteiger partial charge in [-0.15, -0.1) is 0 Å². The van der Waals surface area contributed by atoms with Gasteiger partial charge in [0.25, 0.3) is 0 Å². The number of nitrogens with zero attached hydrogens (tertiary/aromatic N) is 2. The van der Waals surface area contributed by atoms with Crippen molar-refractivity contribution >= 4 is 6.09 Å². The van der Waals surface area contributed by atoms with Crippen molar-refractivity contribution in [1.29, 1.82) is 5.26 Å². The molecule has 0 fully saturated rings. The fraction of sp³-hybridized carbons (Fsp3) is 0.222. The molecule has 5 nitrogen and oxygen atoms in total. The summed E-state index contributed by atoms with van der Waals surface area (Å²) in [6.07, 6.45) is -0.266. The van der Waals surface area contributed by atoms with E-state index < -0.39 is 11.9 Å². The van der Waals surface area contributed by atoms with Gasteiger partial charge in [-0.25, -0.2) is 9.18 Å². The number of carbonyl (C=O) groups is 1. The SMILES string of the molecule is N#Cc1ccc(COc2ccc3c(c2)CN(C(=O)O)CC3)c(F)c1. The summed E-state index contributed by atoms with van der Waals surface area (Å²) < 4.78 is 19.5. The summed E-state index contributed by atoms with van der Waals surface area (Å²) in [5.41, 5.74) is 2.63. The number of halogens is 1. The Morgan fingerprint density at radius 1 is 1.29 bits per heavy atom. The van der Waals surface area contributed by atoms with Crippen molar-refractivity contribution in [2.24, 2.45) is 0 Å². The number of hydrogen-bond acceptors (Lipinski definition) is 3. The van der Waals surface area contributed by atoms with Gasteiger partial charge >= 0.3 is 6.09 Å². The number of hydrogen-bond donors (Lipinski definition) is 1. The monoisotopic (exact) mass is 326 g/mol. The van der Waals surface area contributed by atoms with Crippen LogP contribution in [0.3, 0.4) is 0 Å². The number of ether oxygens (including phenoxy) is 1. The molecule has 1 heterocycles. The highest BCUT2D eigenvalue weighted by Crippen LogP contribution is 2.25. The van der Waals surface area contributed by atoms with Crippen LogP contribution < -0.4 is 4.74 Å². The first kappa shape index (κ1) is 15.8. The molecule has 3 rings (SSSR count). The molecular weight excluding hydrogens is 311 g/mol. The van der Waals surface area contributed by atoms with E-state index in [4.69, 9.17) is 15.1 Å². The van der Waals surface area contributed by atoms with Gasteiger partial charge in [0.15, 0.2) is 0 Å². The molecule has 0 aromatic heterocycles. The Kier molecular flexibility index (Phi) is 4.34. The largest absolute Gasteiger partial charge is 0.489 e. The Balaban J connectivity index is 1.72. The molecule has 0 unspecified atom stereocenters. The van der Waals surface area contributed by atoms with Gasteiger partial charge in [-0.2, -0.15) is 5.26 Å². The zero-order valence-electron chi connectivity index (χ0n) is 12.8. The highest BCUT2D eigenvalue weighted by molar-refractivity contribution is 5.65. The van der Waals surface area contributed by atoms with E-state index in [1.807, 2.05) is 12.1 Å². The molecule has 1 N–H and O–H groups in total. The Labute approximate surface area is 138 Å².